The Morgan fingerprint density at radius 2 is 1.85 bits per heavy atom. The predicted octanol–water partition coefficient (Wildman–Crippen LogP) is -1.07. The SMILES string of the molecule is CN(C)c1cc(C(=O)NO)c(O)c2c1C[C@H]1C[C@H]3CC(O)C(C(N)=O)C(=O)[C@@]3(O)C(O)=C1C2=O. The molecule has 0 aliphatic heterocycles. The molecule has 3 aliphatic rings. The molecule has 4 rings (SSSR count). The summed E-state index contributed by atoms with van der Waals surface area (Å²) in [5, 5.41) is 52.4. The highest BCUT2D eigenvalue weighted by molar-refractivity contribution is 6.17. The van der Waals surface area contributed by atoms with Crippen LogP contribution in [-0.4, -0.2) is 74.8 Å². The van der Waals surface area contributed by atoms with Crippen molar-refractivity contribution in [1.82, 2.24) is 5.48 Å². The molecule has 8 N–H and O–H groups in total. The second-order valence-corrected chi connectivity index (χ2v) is 9.22. The van der Waals surface area contributed by atoms with E-state index in [1.165, 1.54) is 11.5 Å². The van der Waals surface area contributed by atoms with Gasteiger partial charge in [-0.15, -0.1) is 0 Å². The highest BCUT2D eigenvalue weighted by Crippen LogP contribution is 2.52. The number of nitrogens with zero attached hydrogens (tertiary/aromatic N) is 1. The third-order valence-corrected chi connectivity index (χ3v) is 7.19. The maximum Gasteiger partial charge on any atom is 0.278 e. The topological polar surface area (TPSA) is 211 Å². The van der Waals surface area contributed by atoms with Gasteiger partial charge in [-0.05, 0) is 36.8 Å². The molecule has 12 nitrogen and oxygen atoms in total. The lowest BCUT2D eigenvalue weighted by Crippen LogP contribution is -2.63. The summed E-state index contributed by atoms with van der Waals surface area (Å²) in [5.41, 5.74) is 3.79. The van der Waals surface area contributed by atoms with Crippen LogP contribution in [0.15, 0.2) is 17.4 Å². The minimum atomic E-state index is -2.61. The molecule has 1 aromatic rings. The number of phenols is 1. The number of fused-ring (bicyclic) bond motifs is 3. The standard InChI is InChI=1S/C22H25N3O9/c1-25(2)11-6-10(21(32)24-34)16(27)14-9(11)4-7-3-8-5-12(26)15(20(23)31)19(30)22(8,33)18(29)13(7)17(14)28/h6-8,12,15,26-27,29,33-34H,3-5H2,1-2H3,(H2,23,31)(H,24,32)/t7-,8+,12?,15?,22+/m1/s1. The van der Waals surface area contributed by atoms with Crippen molar-refractivity contribution in [2.75, 3.05) is 19.0 Å². The number of hydroxylamine groups is 1. The Kier molecular flexibility index (Phi) is 5.42. The van der Waals surface area contributed by atoms with E-state index in [2.05, 4.69) is 0 Å². The first-order chi connectivity index (χ1) is 15.9. The lowest BCUT2D eigenvalue weighted by molar-refractivity contribution is -0.167. The minimum Gasteiger partial charge on any atom is -0.508 e. The van der Waals surface area contributed by atoms with Crippen molar-refractivity contribution in [3.63, 3.8) is 0 Å². The van der Waals surface area contributed by atoms with Crippen LogP contribution in [-0.2, 0) is 16.0 Å². The van der Waals surface area contributed by atoms with Crippen LogP contribution in [0.2, 0.25) is 0 Å². The van der Waals surface area contributed by atoms with Crippen LogP contribution in [0.5, 0.6) is 5.75 Å². The van der Waals surface area contributed by atoms with Crippen LogP contribution in [0.1, 0.15) is 39.1 Å². The van der Waals surface area contributed by atoms with Crippen LogP contribution in [0.25, 0.3) is 0 Å². The molecule has 0 bridgehead atoms. The van der Waals surface area contributed by atoms with Crippen LogP contribution in [0, 0.1) is 17.8 Å². The number of ketones is 2. The first-order valence-corrected chi connectivity index (χ1v) is 10.6. The van der Waals surface area contributed by atoms with Gasteiger partial charge in [0.05, 0.1) is 17.2 Å². The highest BCUT2D eigenvalue weighted by Gasteiger charge is 2.62. The molecule has 2 unspecified atom stereocenters. The molecule has 182 valence electrons. The van der Waals surface area contributed by atoms with Crippen molar-refractivity contribution in [1.29, 1.82) is 0 Å². The second kappa shape index (κ2) is 7.79. The largest absolute Gasteiger partial charge is 0.508 e. The van der Waals surface area contributed by atoms with Crippen molar-refractivity contribution >= 4 is 29.1 Å². The number of aliphatic hydroxyl groups excluding tert-OH is 2. The number of anilines is 1. The van der Waals surface area contributed by atoms with Crippen LogP contribution >= 0.6 is 0 Å². The number of Topliss-reactive ketones (excluding diaryl/α,β-unsaturated/α-hetero) is 2. The van der Waals surface area contributed by atoms with E-state index >= 15 is 0 Å². The van der Waals surface area contributed by atoms with Crippen LogP contribution < -0.4 is 16.1 Å². The zero-order valence-electron chi connectivity index (χ0n) is 18.4. The van der Waals surface area contributed by atoms with Gasteiger partial charge in [0.1, 0.15) is 17.4 Å². The summed E-state index contributed by atoms with van der Waals surface area (Å²) in [6.45, 7) is 0. The van der Waals surface area contributed by atoms with E-state index in [1.807, 2.05) is 0 Å². The molecule has 1 saturated carbocycles. The number of nitrogens with two attached hydrogens (primary N) is 1. The molecule has 0 radical (unpaired) electrons. The first-order valence-electron chi connectivity index (χ1n) is 10.6. The molecule has 0 heterocycles. The number of phenolic OH excluding ortho intramolecular Hbond substituents is 1. The number of aliphatic hydroxyl groups is 3. The summed E-state index contributed by atoms with van der Waals surface area (Å²) in [6.07, 6.45) is -1.51. The Bertz CT molecular complexity index is 1170. The molecule has 1 fully saturated rings. The van der Waals surface area contributed by atoms with Gasteiger partial charge >= 0.3 is 0 Å². The molecule has 3 aliphatic carbocycles. The van der Waals surface area contributed by atoms with Gasteiger partial charge in [-0.2, -0.15) is 0 Å². The van der Waals surface area contributed by atoms with Gasteiger partial charge in [0.15, 0.2) is 17.2 Å². The molecule has 0 spiro atoms. The van der Waals surface area contributed by atoms with E-state index < -0.39 is 69.9 Å². The van der Waals surface area contributed by atoms with E-state index in [0.29, 0.717) is 11.3 Å². The van der Waals surface area contributed by atoms with Gasteiger partial charge in [0.25, 0.3) is 5.91 Å². The number of nitrogens with one attached hydrogen (secondary N) is 1. The van der Waals surface area contributed by atoms with Crippen molar-refractivity contribution in [2.24, 2.45) is 23.5 Å². The average molecular weight is 475 g/mol. The summed E-state index contributed by atoms with van der Waals surface area (Å²) < 4.78 is 0. The number of carbonyl (C=O) groups excluding carboxylic acids is 4. The minimum absolute atomic E-state index is 0.0296. The van der Waals surface area contributed by atoms with Gasteiger partial charge in [-0.3, -0.25) is 24.4 Å². The van der Waals surface area contributed by atoms with Gasteiger partial charge in [-0.1, -0.05) is 0 Å². The normalized spacial score (nSPS) is 30.3. The zero-order valence-corrected chi connectivity index (χ0v) is 18.4. The fourth-order valence-electron chi connectivity index (χ4n) is 5.61. The number of rotatable bonds is 3. The Morgan fingerprint density at radius 1 is 1.21 bits per heavy atom. The lowest BCUT2D eigenvalue weighted by Gasteiger charge is -2.48. The molecular formula is C22H25N3O9. The van der Waals surface area contributed by atoms with Crippen molar-refractivity contribution in [3.05, 3.63) is 34.1 Å². The third-order valence-electron chi connectivity index (χ3n) is 7.19. The molecule has 34 heavy (non-hydrogen) atoms. The maximum atomic E-state index is 13.6. The Hall–Kier alpha value is -3.48. The summed E-state index contributed by atoms with van der Waals surface area (Å²) in [4.78, 5) is 52.0. The predicted molar refractivity (Wildman–Crippen MR) is 114 cm³/mol. The number of hydrogen-bond acceptors (Lipinski definition) is 10. The average Bonchev–Trinajstić information content (AvgIpc) is 2.75. The number of amides is 2. The van der Waals surface area contributed by atoms with E-state index in [-0.39, 0.29) is 30.4 Å². The quantitative estimate of drug-likeness (QED) is 0.160. The Balaban J connectivity index is 1.94. The molecule has 0 saturated heterocycles. The Morgan fingerprint density at radius 3 is 2.41 bits per heavy atom. The Labute approximate surface area is 193 Å². The van der Waals surface area contributed by atoms with Crippen molar-refractivity contribution in [3.8, 4) is 5.75 Å². The van der Waals surface area contributed by atoms with Crippen molar-refractivity contribution in [2.45, 2.75) is 31.0 Å². The monoisotopic (exact) mass is 475 g/mol. The summed E-state index contributed by atoms with van der Waals surface area (Å²) >= 11 is 0. The highest BCUT2D eigenvalue weighted by atomic mass is 16.5. The second-order valence-electron chi connectivity index (χ2n) is 9.22. The van der Waals surface area contributed by atoms with Gasteiger partial charge in [0, 0.05) is 31.3 Å². The number of benzene rings is 1. The zero-order chi connectivity index (χ0) is 25.3. The molecule has 5 atom stereocenters. The van der Waals surface area contributed by atoms with Gasteiger partial charge < -0.3 is 31.1 Å². The number of hydrogen-bond donors (Lipinski definition) is 7. The smallest absolute Gasteiger partial charge is 0.278 e. The van der Waals surface area contributed by atoms with E-state index in [0.717, 1.165) is 0 Å². The van der Waals surface area contributed by atoms with E-state index in [9.17, 15) is 39.6 Å². The van der Waals surface area contributed by atoms with E-state index in [1.54, 1.807) is 19.0 Å². The van der Waals surface area contributed by atoms with Crippen LogP contribution in [0.3, 0.4) is 0 Å². The first kappa shape index (κ1) is 23.7. The third kappa shape index (κ3) is 3.02. The van der Waals surface area contributed by atoms with Gasteiger partial charge in [0.2, 0.25) is 5.91 Å². The maximum absolute atomic E-state index is 13.6. The summed E-state index contributed by atoms with van der Waals surface area (Å²) in [5.74, 6) is -9.44. The number of carbonyl (C=O) groups is 4. The number of allylic oxidation sites excluding steroid dienone is 1. The lowest BCUT2D eigenvalue weighted by atomic mass is 9.57. The number of primary amides is 1. The van der Waals surface area contributed by atoms with Crippen LogP contribution in [0.4, 0.5) is 5.69 Å². The van der Waals surface area contributed by atoms with E-state index in [4.69, 9.17) is 10.9 Å². The van der Waals surface area contributed by atoms with Crippen molar-refractivity contribution < 1.29 is 44.8 Å². The van der Waals surface area contributed by atoms with Gasteiger partial charge in [-0.25, -0.2) is 5.48 Å². The molecule has 1 aromatic carbocycles. The molecule has 2 amide bonds. The molecule has 0 aromatic heterocycles. The fourth-order valence-corrected chi connectivity index (χ4v) is 5.61. The number of aromatic hydroxyl groups is 1. The summed E-state index contributed by atoms with van der Waals surface area (Å²) in [6, 6.07) is 1.31. The molecule has 12 heteroatoms. The fraction of sp³-hybridized carbons (Fsp3) is 0.455. The summed E-state index contributed by atoms with van der Waals surface area (Å²) in [7, 11) is 3.31. The molecular weight excluding hydrogens is 450 g/mol.